The summed E-state index contributed by atoms with van der Waals surface area (Å²) in [6.45, 7) is 2.05. The van der Waals surface area contributed by atoms with Gasteiger partial charge in [0.05, 0.1) is 10.6 Å². The van der Waals surface area contributed by atoms with Crippen LogP contribution in [0.2, 0.25) is 5.02 Å². The van der Waals surface area contributed by atoms with Gasteiger partial charge >= 0.3 is 0 Å². The molecule has 7 heteroatoms. The molecule has 1 aliphatic rings. The zero-order valence-electron chi connectivity index (χ0n) is 17.2. The minimum atomic E-state index is -3.98. The summed E-state index contributed by atoms with van der Waals surface area (Å²) in [6, 6.07) is 21.0. The number of hydrogen-bond donors (Lipinski definition) is 0. The Labute approximate surface area is 187 Å². The van der Waals surface area contributed by atoms with Crippen molar-refractivity contribution in [3.05, 3.63) is 88.9 Å². The zero-order valence-corrected chi connectivity index (χ0v) is 18.7. The molecule has 3 aromatic carbocycles. The van der Waals surface area contributed by atoms with Crippen LogP contribution in [-0.4, -0.2) is 27.4 Å². The molecule has 1 amide bonds. The standard InChI is InChI=1S/C24H23ClN2O3S/c1-18-13-14-20(25)16-23(18)27(31(29,30)21-10-3-2-4-11-21)17-24(28)26-15-7-9-19-8-5-6-12-22(19)26/h2-6,8,10-14,16H,7,9,15,17H2,1H3. The quantitative estimate of drug-likeness (QED) is 0.555. The minimum Gasteiger partial charge on any atom is -0.311 e. The predicted octanol–water partition coefficient (Wildman–Crippen LogP) is 4.82. The number of rotatable bonds is 5. The van der Waals surface area contributed by atoms with Crippen molar-refractivity contribution in [2.45, 2.75) is 24.7 Å². The van der Waals surface area contributed by atoms with E-state index < -0.39 is 10.0 Å². The first-order valence-electron chi connectivity index (χ1n) is 10.1. The van der Waals surface area contributed by atoms with Gasteiger partial charge in [-0.15, -0.1) is 0 Å². The molecule has 0 aliphatic carbocycles. The molecule has 1 heterocycles. The average Bonchev–Trinajstić information content (AvgIpc) is 2.79. The van der Waals surface area contributed by atoms with E-state index >= 15 is 0 Å². The molecule has 0 saturated heterocycles. The SMILES string of the molecule is Cc1ccc(Cl)cc1N(CC(=O)N1CCCc2ccccc21)S(=O)(=O)c1ccccc1. The third kappa shape index (κ3) is 4.31. The Kier molecular flexibility index (Phi) is 6.03. The summed E-state index contributed by atoms with van der Waals surface area (Å²) in [5.74, 6) is -0.272. The monoisotopic (exact) mass is 454 g/mol. The molecular weight excluding hydrogens is 432 g/mol. The maximum Gasteiger partial charge on any atom is 0.264 e. The number of anilines is 2. The van der Waals surface area contributed by atoms with E-state index in [-0.39, 0.29) is 17.3 Å². The molecule has 5 nitrogen and oxygen atoms in total. The van der Waals surface area contributed by atoms with Crippen LogP contribution in [-0.2, 0) is 21.2 Å². The van der Waals surface area contributed by atoms with E-state index in [4.69, 9.17) is 11.6 Å². The van der Waals surface area contributed by atoms with E-state index in [2.05, 4.69) is 0 Å². The van der Waals surface area contributed by atoms with Gasteiger partial charge in [0.2, 0.25) is 5.91 Å². The molecule has 0 aromatic heterocycles. The summed E-state index contributed by atoms with van der Waals surface area (Å²) < 4.78 is 28.3. The molecule has 0 fully saturated rings. The Balaban J connectivity index is 1.76. The molecule has 0 N–H and O–H groups in total. The first-order chi connectivity index (χ1) is 14.9. The second kappa shape index (κ2) is 8.73. The summed E-state index contributed by atoms with van der Waals surface area (Å²) in [6.07, 6.45) is 1.74. The fourth-order valence-electron chi connectivity index (χ4n) is 3.87. The lowest BCUT2D eigenvalue weighted by Crippen LogP contribution is -2.45. The van der Waals surface area contributed by atoms with Crippen LogP contribution in [0.4, 0.5) is 11.4 Å². The van der Waals surface area contributed by atoms with Gasteiger partial charge in [0.1, 0.15) is 6.54 Å². The van der Waals surface area contributed by atoms with Gasteiger partial charge < -0.3 is 4.90 Å². The summed E-state index contributed by atoms with van der Waals surface area (Å²) in [5, 5.41) is 0.407. The Morgan fingerprint density at radius 1 is 1.03 bits per heavy atom. The molecule has 0 radical (unpaired) electrons. The molecule has 1 aliphatic heterocycles. The van der Waals surface area contributed by atoms with Gasteiger partial charge in [-0.05, 0) is 61.2 Å². The maximum absolute atomic E-state index is 13.6. The van der Waals surface area contributed by atoms with Crippen LogP contribution in [0.1, 0.15) is 17.5 Å². The molecule has 0 saturated carbocycles. The molecule has 31 heavy (non-hydrogen) atoms. The van der Waals surface area contributed by atoms with Crippen molar-refractivity contribution < 1.29 is 13.2 Å². The molecule has 0 unspecified atom stereocenters. The largest absolute Gasteiger partial charge is 0.311 e. The molecule has 0 atom stereocenters. The minimum absolute atomic E-state index is 0.126. The van der Waals surface area contributed by atoms with Crippen LogP contribution in [0.15, 0.2) is 77.7 Å². The van der Waals surface area contributed by atoms with Crippen molar-refractivity contribution >= 4 is 38.9 Å². The van der Waals surface area contributed by atoms with Crippen LogP contribution >= 0.6 is 11.6 Å². The van der Waals surface area contributed by atoms with Gasteiger partial charge in [0, 0.05) is 17.3 Å². The van der Waals surface area contributed by atoms with Crippen molar-refractivity contribution in [1.82, 2.24) is 0 Å². The number of carbonyl (C=O) groups excluding carboxylic acids is 1. The topological polar surface area (TPSA) is 57.7 Å². The van der Waals surface area contributed by atoms with Crippen LogP contribution < -0.4 is 9.21 Å². The van der Waals surface area contributed by atoms with E-state index in [1.165, 1.54) is 16.4 Å². The van der Waals surface area contributed by atoms with Crippen molar-refractivity contribution in [3.63, 3.8) is 0 Å². The number of amides is 1. The third-order valence-electron chi connectivity index (χ3n) is 5.46. The predicted molar refractivity (Wildman–Crippen MR) is 124 cm³/mol. The van der Waals surface area contributed by atoms with Gasteiger partial charge in [0.15, 0.2) is 0 Å². The lowest BCUT2D eigenvalue weighted by Gasteiger charge is -2.32. The molecule has 3 aromatic rings. The highest BCUT2D eigenvalue weighted by atomic mass is 35.5. The Morgan fingerprint density at radius 3 is 2.52 bits per heavy atom. The van der Waals surface area contributed by atoms with Crippen LogP contribution in [0, 0.1) is 6.92 Å². The number of hydrogen-bond acceptors (Lipinski definition) is 3. The molecular formula is C24H23ClN2O3S. The Morgan fingerprint density at radius 2 is 1.74 bits per heavy atom. The van der Waals surface area contributed by atoms with Gasteiger partial charge in [-0.3, -0.25) is 9.10 Å². The van der Waals surface area contributed by atoms with Crippen molar-refractivity contribution in [1.29, 1.82) is 0 Å². The highest BCUT2D eigenvalue weighted by molar-refractivity contribution is 7.92. The molecule has 160 valence electrons. The number of halogens is 1. The first-order valence-corrected chi connectivity index (χ1v) is 11.9. The van der Waals surface area contributed by atoms with E-state index in [1.807, 2.05) is 24.3 Å². The normalized spacial score (nSPS) is 13.5. The number of sulfonamides is 1. The van der Waals surface area contributed by atoms with Gasteiger partial charge in [-0.2, -0.15) is 0 Å². The molecule has 0 bridgehead atoms. The highest BCUT2D eigenvalue weighted by Gasteiger charge is 2.31. The molecule has 0 spiro atoms. The van der Waals surface area contributed by atoms with Gasteiger partial charge in [0.25, 0.3) is 10.0 Å². The maximum atomic E-state index is 13.6. The number of aryl methyl sites for hydroxylation is 2. The van der Waals surface area contributed by atoms with E-state index in [0.29, 0.717) is 17.3 Å². The van der Waals surface area contributed by atoms with Gasteiger partial charge in [-0.1, -0.05) is 54.1 Å². The van der Waals surface area contributed by atoms with Crippen molar-refractivity contribution in [3.8, 4) is 0 Å². The number of para-hydroxylation sites is 1. The number of benzene rings is 3. The lowest BCUT2D eigenvalue weighted by molar-refractivity contribution is -0.117. The number of carbonyl (C=O) groups is 1. The molecule has 4 rings (SSSR count). The van der Waals surface area contributed by atoms with Gasteiger partial charge in [-0.25, -0.2) is 8.42 Å². The lowest BCUT2D eigenvalue weighted by atomic mass is 10.0. The summed E-state index contributed by atoms with van der Waals surface area (Å²) >= 11 is 6.19. The zero-order chi connectivity index (χ0) is 22.0. The van der Waals surface area contributed by atoms with Crippen molar-refractivity contribution in [2.24, 2.45) is 0 Å². The average molecular weight is 455 g/mol. The Bertz CT molecular complexity index is 1210. The Hall–Kier alpha value is -2.83. The highest BCUT2D eigenvalue weighted by Crippen LogP contribution is 2.31. The second-order valence-electron chi connectivity index (χ2n) is 7.53. The fourth-order valence-corrected chi connectivity index (χ4v) is 5.53. The first kappa shape index (κ1) is 21.4. The third-order valence-corrected chi connectivity index (χ3v) is 7.47. The number of nitrogens with zero attached hydrogens (tertiary/aromatic N) is 2. The number of fused-ring (bicyclic) bond motifs is 1. The smallest absolute Gasteiger partial charge is 0.264 e. The van der Waals surface area contributed by atoms with Crippen LogP contribution in [0.3, 0.4) is 0 Å². The van der Waals surface area contributed by atoms with E-state index in [1.54, 1.807) is 48.2 Å². The second-order valence-corrected chi connectivity index (χ2v) is 9.83. The summed E-state index contributed by atoms with van der Waals surface area (Å²) in [5.41, 5.74) is 3.06. The summed E-state index contributed by atoms with van der Waals surface area (Å²) in [7, 11) is -3.98. The van der Waals surface area contributed by atoms with E-state index in [9.17, 15) is 13.2 Å². The summed E-state index contributed by atoms with van der Waals surface area (Å²) in [4.78, 5) is 15.2. The fraction of sp³-hybridized carbons (Fsp3) is 0.208. The van der Waals surface area contributed by atoms with Crippen molar-refractivity contribution in [2.75, 3.05) is 22.3 Å². The van der Waals surface area contributed by atoms with Crippen LogP contribution in [0.25, 0.3) is 0 Å². The van der Waals surface area contributed by atoms with Crippen LogP contribution in [0.5, 0.6) is 0 Å². The van der Waals surface area contributed by atoms with E-state index in [0.717, 1.165) is 29.7 Å².